The van der Waals surface area contributed by atoms with Gasteiger partial charge in [-0.3, -0.25) is 4.79 Å². The van der Waals surface area contributed by atoms with Crippen molar-refractivity contribution in [1.29, 1.82) is 0 Å². The Hall–Kier alpha value is -1.78. The second-order valence-corrected chi connectivity index (χ2v) is 4.63. The normalized spacial score (nSPS) is 21.5. The fraction of sp³-hybridized carbons (Fsp3) is 0.538. The molecule has 1 aromatic rings. The van der Waals surface area contributed by atoms with Crippen LogP contribution >= 0.6 is 0 Å². The predicted molar refractivity (Wildman–Crippen MR) is 64.2 cm³/mol. The summed E-state index contributed by atoms with van der Waals surface area (Å²) >= 11 is 0. The molecule has 5 heteroatoms. The number of carbonyl (C=O) groups is 2. The van der Waals surface area contributed by atoms with Crippen LogP contribution in [0, 0.1) is 0 Å². The number of esters is 2. The van der Waals surface area contributed by atoms with Crippen LogP contribution in [0.4, 0.5) is 0 Å². The Bertz CT molecular complexity index is 491. The van der Waals surface area contributed by atoms with Crippen molar-refractivity contribution in [2.45, 2.75) is 39.2 Å². The van der Waals surface area contributed by atoms with Crippen molar-refractivity contribution < 1.29 is 19.1 Å². The van der Waals surface area contributed by atoms with E-state index in [2.05, 4.69) is 4.98 Å². The smallest absolute Gasteiger partial charge is 0.354 e. The minimum atomic E-state index is -0.661. The lowest BCUT2D eigenvalue weighted by molar-refractivity contribution is -0.156. The fourth-order valence-electron chi connectivity index (χ4n) is 2.40. The molecule has 0 spiro atoms. The van der Waals surface area contributed by atoms with Crippen molar-refractivity contribution >= 4 is 11.9 Å². The number of carbonyl (C=O) groups excluding carboxylic acids is 2. The molecule has 0 amide bonds. The summed E-state index contributed by atoms with van der Waals surface area (Å²) in [5.74, 6) is -0.699. The van der Waals surface area contributed by atoms with Crippen LogP contribution in [0.3, 0.4) is 0 Å². The maximum atomic E-state index is 11.6. The number of rotatable bonds is 3. The van der Waals surface area contributed by atoms with E-state index in [0.29, 0.717) is 12.3 Å². The summed E-state index contributed by atoms with van der Waals surface area (Å²) < 4.78 is 10.3. The number of hydrogen-bond acceptors (Lipinski definition) is 4. The summed E-state index contributed by atoms with van der Waals surface area (Å²) in [7, 11) is 0. The largest absolute Gasteiger partial charge is 0.461 e. The minimum absolute atomic E-state index is 0.322. The molecule has 1 heterocycles. The van der Waals surface area contributed by atoms with Gasteiger partial charge in [0.25, 0.3) is 0 Å². The Labute approximate surface area is 105 Å². The topological polar surface area (TPSA) is 68.4 Å². The van der Waals surface area contributed by atoms with E-state index in [4.69, 9.17) is 9.47 Å². The van der Waals surface area contributed by atoms with Crippen LogP contribution in [0.5, 0.6) is 0 Å². The summed E-state index contributed by atoms with van der Waals surface area (Å²) in [6, 6.07) is 1.78. The third-order valence-electron chi connectivity index (χ3n) is 3.16. The highest BCUT2D eigenvalue weighted by Crippen LogP contribution is 2.39. The van der Waals surface area contributed by atoms with E-state index in [1.807, 2.05) is 6.92 Å². The van der Waals surface area contributed by atoms with Gasteiger partial charge in [-0.15, -0.1) is 0 Å². The van der Waals surface area contributed by atoms with Crippen LogP contribution in [-0.4, -0.2) is 23.5 Å². The van der Waals surface area contributed by atoms with Crippen molar-refractivity contribution in [2.75, 3.05) is 6.61 Å². The van der Waals surface area contributed by atoms with Crippen LogP contribution in [0.1, 0.15) is 48.9 Å². The first-order valence-electron chi connectivity index (χ1n) is 6.05. The molecule has 0 aliphatic heterocycles. The first-order valence-corrected chi connectivity index (χ1v) is 6.05. The van der Waals surface area contributed by atoms with E-state index in [1.54, 1.807) is 13.0 Å². The Kier molecular flexibility index (Phi) is 3.15. The van der Waals surface area contributed by atoms with Crippen LogP contribution < -0.4 is 0 Å². The molecule has 1 aliphatic rings. The molecule has 1 unspecified atom stereocenters. The van der Waals surface area contributed by atoms with E-state index in [1.165, 1.54) is 6.92 Å². The molecule has 1 N–H and O–H groups in total. The van der Waals surface area contributed by atoms with Crippen LogP contribution in [0.25, 0.3) is 0 Å². The number of aromatic amines is 1. The van der Waals surface area contributed by atoms with Gasteiger partial charge >= 0.3 is 11.9 Å². The fourth-order valence-corrected chi connectivity index (χ4v) is 2.40. The van der Waals surface area contributed by atoms with Gasteiger partial charge in [-0.25, -0.2) is 4.79 Å². The van der Waals surface area contributed by atoms with Crippen LogP contribution in [0.2, 0.25) is 0 Å². The van der Waals surface area contributed by atoms with E-state index in [9.17, 15) is 9.59 Å². The van der Waals surface area contributed by atoms with Crippen molar-refractivity contribution in [3.63, 3.8) is 0 Å². The Morgan fingerprint density at radius 3 is 2.83 bits per heavy atom. The van der Waals surface area contributed by atoms with Crippen LogP contribution in [-0.2, 0) is 26.3 Å². The highest BCUT2D eigenvalue weighted by atomic mass is 16.6. The minimum Gasteiger partial charge on any atom is -0.461 e. The van der Waals surface area contributed by atoms with Crippen molar-refractivity contribution in [2.24, 2.45) is 0 Å². The number of fused-ring (bicyclic) bond motifs is 1. The Morgan fingerprint density at radius 1 is 1.50 bits per heavy atom. The molecule has 0 fully saturated rings. The van der Waals surface area contributed by atoms with Crippen molar-refractivity contribution in [3.05, 3.63) is 23.0 Å². The van der Waals surface area contributed by atoms with E-state index < -0.39 is 5.60 Å². The molecule has 0 saturated carbocycles. The number of nitrogens with one attached hydrogen (secondary N) is 1. The number of aryl methyl sites for hydroxylation is 1. The summed E-state index contributed by atoms with van der Waals surface area (Å²) in [5.41, 5.74) is 1.58. The zero-order chi connectivity index (χ0) is 13.3. The molecule has 5 nitrogen and oxygen atoms in total. The lowest BCUT2D eigenvalue weighted by Crippen LogP contribution is -2.26. The summed E-state index contributed by atoms with van der Waals surface area (Å²) in [5, 5.41) is 0. The van der Waals surface area contributed by atoms with Crippen LogP contribution in [0.15, 0.2) is 6.07 Å². The average Bonchev–Trinajstić information content (AvgIpc) is 2.80. The van der Waals surface area contributed by atoms with Gasteiger partial charge < -0.3 is 14.5 Å². The van der Waals surface area contributed by atoms with Gasteiger partial charge in [-0.05, 0) is 38.3 Å². The number of hydrogen-bond donors (Lipinski definition) is 1. The lowest BCUT2D eigenvalue weighted by Gasteiger charge is -2.23. The average molecular weight is 251 g/mol. The number of H-pyrrole nitrogens is 1. The van der Waals surface area contributed by atoms with Gasteiger partial charge in [0.2, 0.25) is 0 Å². The molecular weight excluding hydrogens is 234 g/mol. The van der Waals surface area contributed by atoms with E-state index in [0.717, 1.165) is 24.1 Å². The number of aromatic nitrogens is 1. The Balaban J connectivity index is 2.28. The molecule has 1 atom stereocenters. The summed E-state index contributed by atoms with van der Waals surface area (Å²) in [6.45, 7) is 5.34. The Morgan fingerprint density at radius 2 is 2.22 bits per heavy atom. The summed E-state index contributed by atoms with van der Waals surface area (Å²) in [4.78, 5) is 25.8. The quantitative estimate of drug-likeness (QED) is 0.833. The maximum absolute atomic E-state index is 11.6. The molecule has 2 rings (SSSR count). The molecule has 1 aliphatic carbocycles. The highest BCUT2D eigenvalue weighted by molar-refractivity contribution is 5.88. The summed E-state index contributed by atoms with van der Waals surface area (Å²) in [6.07, 6.45) is 1.52. The number of ether oxygens (including phenoxy) is 2. The first-order chi connectivity index (χ1) is 8.46. The molecule has 0 saturated heterocycles. The third kappa shape index (κ3) is 2.12. The second-order valence-electron chi connectivity index (χ2n) is 4.63. The van der Waals surface area contributed by atoms with Gasteiger partial charge in [-0.1, -0.05) is 0 Å². The van der Waals surface area contributed by atoms with Gasteiger partial charge in [0, 0.05) is 6.92 Å². The molecule has 0 bridgehead atoms. The van der Waals surface area contributed by atoms with Crippen molar-refractivity contribution in [3.8, 4) is 0 Å². The lowest BCUT2D eigenvalue weighted by atomic mass is 10.0. The first kappa shape index (κ1) is 12.7. The van der Waals surface area contributed by atoms with Gasteiger partial charge in [0.05, 0.1) is 12.3 Å². The standard InChI is InChI=1S/C13H17NO4/c1-4-17-12(16)10-7-9-5-6-13(3,11(9)14-10)18-8(2)15/h7,14H,4-6H2,1-3H3. The molecule has 0 aromatic carbocycles. The monoisotopic (exact) mass is 251 g/mol. The predicted octanol–water partition coefficient (Wildman–Crippen LogP) is 1.92. The van der Waals surface area contributed by atoms with Gasteiger partial charge in [-0.2, -0.15) is 0 Å². The maximum Gasteiger partial charge on any atom is 0.354 e. The zero-order valence-electron chi connectivity index (χ0n) is 10.8. The van der Waals surface area contributed by atoms with E-state index >= 15 is 0 Å². The zero-order valence-corrected chi connectivity index (χ0v) is 10.8. The SMILES string of the molecule is CCOC(=O)c1cc2c([nH]1)C(C)(OC(C)=O)CC2. The van der Waals surface area contributed by atoms with E-state index in [-0.39, 0.29) is 11.9 Å². The molecular formula is C13H17NO4. The van der Waals surface area contributed by atoms with Crippen molar-refractivity contribution in [1.82, 2.24) is 4.98 Å². The van der Waals surface area contributed by atoms with Gasteiger partial charge in [0.15, 0.2) is 0 Å². The molecule has 0 radical (unpaired) electrons. The van der Waals surface area contributed by atoms with Gasteiger partial charge in [0.1, 0.15) is 11.3 Å². The third-order valence-corrected chi connectivity index (χ3v) is 3.16. The second kappa shape index (κ2) is 4.48. The molecule has 98 valence electrons. The molecule has 1 aromatic heterocycles. The molecule has 18 heavy (non-hydrogen) atoms. The highest BCUT2D eigenvalue weighted by Gasteiger charge is 2.39.